The van der Waals surface area contributed by atoms with E-state index >= 15 is 0 Å². The lowest BCUT2D eigenvalue weighted by Gasteiger charge is -2.28. The van der Waals surface area contributed by atoms with E-state index in [0.29, 0.717) is 19.0 Å². The van der Waals surface area contributed by atoms with Crippen LogP contribution in [0.15, 0.2) is 0 Å². The Kier molecular flexibility index (Phi) is 4.28. The van der Waals surface area contributed by atoms with E-state index in [2.05, 4.69) is 6.92 Å². The zero-order chi connectivity index (χ0) is 12.3. The Morgan fingerprint density at radius 1 is 1.44 bits per heavy atom. The first-order valence-corrected chi connectivity index (χ1v) is 6.89. The lowest BCUT2D eigenvalue weighted by atomic mass is 10.0. The zero-order valence-corrected chi connectivity index (χ0v) is 10.4. The highest BCUT2D eigenvalue weighted by atomic mass is 32.2. The van der Waals surface area contributed by atoms with Crippen molar-refractivity contribution in [3.8, 4) is 0 Å². The summed E-state index contributed by atoms with van der Waals surface area (Å²) < 4.78 is 25.8. The predicted molar refractivity (Wildman–Crippen MR) is 55.3 cm³/mol. The summed E-state index contributed by atoms with van der Waals surface area (Å²) >= 11 is 0. The fraction of sp³-hybridized carbons (Fsp3) is 0.889. The second-order valence-corrected chi connectivity index (χ2v) is 6.19. The largest absolute Gasteiger partial charge is 0.544 e. The Bertz CT molecular complexity index is 347. The first kappa shape index (κ1) is 13.4. The van der Waals surface area contributed by atoms with Crippen LogP contribution in [0, 0.1) is 5.92 Å². The number of aliphatic carboxylic acids is 1. The second kappa shape index (κ2) is 5.11. The van der Waals surface area contributed by atoms with Crippen molar-refractivity contribution in [1.29, 1.82) is 0 Å². The van der Waals surface area contributed by atoms with Crippen LogP contribution in [-0.2, 0) is 15.0 Å². The summed E-state index contributed by atoms with van der Waals surface area (Å²) in [7, 11) is -3.56. The van der Waals surface area contributed by atoms with Gasteiger partial charge in [-0.05, 0) is 25.7 Å². The quantitative estimate of drug-likeness (QED) is 0.605. The van der Waals surface area contributed by atoms with Crippen LogP contribution in [0.3, 0.4) is 0 Å². The molecule has 16 heavy (non-hydrogen) atoms. The van der Waals surface area contributed by atoms with Gasteiger partial charge in [-0.3, -0.25) is 0 Å². The molecule has 1 saturated heterocycles. The molecule has 0 radical (unpaired) electrons. The van der Waals surface area contributed by atoms with Crippen molar-refractivity contribution in [3.63, 3.8) is 0 Å². The van der Waals surface area contributed by atoms with Crippen LogP contribution < -0.4 is 9.83 Å². The highest BCUT2D eigenvalue weighted by Gasteiger charge is 2.30. The van der Waals surface area contributed by atoms with Crippen molar-refractivity contribution in [3.05, 3.63) is 0 Å². The van der Waals surface area contributed by atoms with Crippen LogP contribution in [0.25, 0.3) is 0 Å². The molecule has 6 nitrogen and oxygen atoms in total. The summed E-state index contributed by atoms with van der Waals surface area (Å²) in [5.74, 6) is -0.834. The van der Waals surface area contributed by atoms with Gasteiger partial charge < -0.3 is 9.90 Å². The number of rotatable bonds is 4. The Morgan fingerprint density at radius 2 is 1.94 bits per heavy atom. The van der Waals surface area contributed by atoms with Crippen LogP contribution in [0.5, 0.6) is 0 Å². The van der Waals surface area contributed by atoms with Crippen molar-refractivity contribution in [2.75, 3.05) is 13.1 Å². The lowest BCUT2D eigenvalue weighted by Crippen LogP contribution is -2.97. The van der Waals surface area contributed by atoms with Gasteiger partial charge in [-0.2, -0.15) is 12.7 Å². The number of hydrogen-bond donors (Lipinski definition) is 1. The zero-order valence-electron chi connectivity index (χ0n) is 9.55. The monoisotopic (exact) mass is 250 g/mol. The summed E-state index contributed by atoms with van der Waals surface area (Å²) in [5.41, 5.74) is 0. The topological polar surface area (TPSA) is 94.1 Å². The van der Waals surface area contributed by atoms with Crippen molar-refractivity contribution in [2.45, 2.75) is 32.7 Å². The molecule has 1 heterocycles. The number of nitrogens with zero attached hydrogens (tertiary/aromatic N) is 1. The van der Waals surface area contributed by atoms with Gasteiger partial charge >= 0.3 is 10.2 Å². The number of hydrogen-bond acceptors (Lipinski definition) is 4. The number of carboxylic acids is 1. The first-order valence-electron chi connectivity index (χ1n) is 5.39. The summed E-state index contributed by atoms with van der Waals surface area (Å²) in [4.78, 5) is 10.5. The van der Waals surface area contributed by atoms with Gasteiger partial charge in [0.25, 0.3) is 0 Å². The molecule has 1 atom stereocenters. The Hall–Kier alpha value is -0.660. The van der Waals surface area contributed by atoms with Crippen LogP contribution >= 0.6 is 0 Å². The SMILES string of the molecule is CC1CCN(S(=O)(=O)[NH2+][C@@H](C)C(=O)[O-])CC1. The third kappa shape index (κ3) is 3.43. The first-order chi connectivity index (χ1) is 7.33. The number of carboxylic acid groups (broad SMARTS) is 1. The Morgan fingerprint density at radius 3 is 2.38 bits per heavy atom. The highest BCUT2D eigenvalue weighted by molar-refractivity contribution is 7.82. The van der Waals surface area contributed by atoms with Crippen molar-refractivity contribution < 1.29 is 23.0 Å². The third-order valence-electron chi connectivity index (χ3n) is 2.85. The Balaban J connectivity index is 2.60. The molecule has 1 aliphatic rings. The maximum Gasteiger partial charge on any atom is 0.369 e. The van der Waals surface area contributed by atoms with Crippen molar-refractivity contribution >= 4 is 16.2 Å². The van der Waals surface area contributed by atoms with Crippen LogP contribution in [0.1, 0.15) is 26.7 Å². The molecule has 0 amide bonds. The molecule has 0 saturated carbocycles. The summed E-state index contributed by atoms with van der Waals surface area (Å²) in [6.07, 6.45) is 1.65. The van der Waals surface area contributed by atoms with Gasteiger partial charge in [0.2, 0.25) is 0 Å². The van der Waals surface area contributed by atoms with E-state index in [9.17, 15) is 18.3 Å². The van der Waals surface area contributed by atoms with Gasteiger partial charge in [0.05, 0.1) is 0 Å². The molecule has 7 heteroatoms. The molecule has 1 rings (SSSR count). The van der Waals surface area contributed by atoms with Crippen LogP contribution in [0.2, 0.25) is 0 Å². The summed E-state index contributed by atoms with van der Waals surface area (Å²) in [6.45, 7) is 4.33. The molecule has 0 spiro atoms. The summed E-state index contributed by atoms with van der Waals surface area (Å²) in [6, 6.07) is -1.08. The number of piperidine rings is 1. The van der Waals surface area contributed by atoms with Crippen molar-refractivity contribution in [1.82, 2.24) is 4.31 Å². The number of quaternary nitrogens is 1. The van der Waals surface area contributed by atoms with Crippen LogP contribution in [0.4, 0.5) is 0 Å². The number of carbonyl (C=O) groups is 1. The molecule has 0 bridgehead atoms. The van der Waals surface area contributed by atoms with Gasteiger partial charge in [0.1, 0.15) is 12.0 Å². The lowest BCUT2D eigenvalue weighted by molar-refractivity contribution is -0.540. The van der Waals surface area contributed by atoms with Gasteiger partial charge in [-0.25, -0.2) is 4.72 Å². The van der Waals surface area contributed by atoms with Gasteiger partial charge in [-0.15, -0.1) is 0 Å². The smallest absolute Gasteiger partial charge is 0.369 e. The normalized spacial score (nSPS) is 21.9. The van der Waals surface area contributed by atoms with Gasteiger partial charge in [0.15, 0.2) is 0 Å². The molecule has 0 aromatic heterocycles. The fourth-order valence-corrected chi connectivity index (χ4v) is 3.16. The molecular formula is C9H18N2O4S. The molecule has 2 N–H and O–H groups in total. The average Bonchev–Trinajstić information content (AvgIpc) is 2.17. The molecule has 0 aromatic rings. The standard InChI is InChI=1S/C9H18N2O4S/c1-7-3-5-11(6-4-7)16(14,15)10-8(2)9(12)13/h7-8,10H,3-6H2,1-2H3,(H,12,13)/t8-/m0/s1. The van der Waals surface area contributed by atoms with E-state index < -0.39 is 22.2 Å². The second-order valence-electron chi connectivity index (χ2n) is 4.37. The molecule has 94 valence electrons. The van der Waals surface area contributed by atoms with Crippen LogP contribution in [-0.4, -0.2) is 37.8 Å². The molecule has 0 aromatic carbocycles. The maximum atomic E-state index is 11.8. The Labute approximate surface area is 95.8 Å². The molecule has 1 fully saturated rings. The molecule has 1 aliphatic heterocycles. The summed E-state index contributed by atoms with van der Waals surface area (Å²) in [5, 5.41) is 10.5. The number of nitrogens with two attached hydrogens (primary N) is 1. The minimum atomic E-state index is -3.56. The van der Waals surface area contributed by atoms with E-state index in [1.54, 1.807) is 0 Å². The average molecular weight is 250 g/mol. The van der Waals surface area contributed by atoms with E-state index in [-0.39, 0.29) is 0 Å². The van der Waals surface area contributed by atoms with E-state index in [1.165, 1.54) is 11.2 Å². The highest BCUT2D eigenvalue weighted by Crippen LogP contribution is 2.16. The third-order valence-corrected chi connectivity index (χ3v) is 4.69. The van der Waals surface area contributed by atoms with Gasteiger partial charge in [0, 0.05) is 13.1 Å². The predicted octanol–water partition coefficient (Wildman–Crippen LogP) is -2.34. The maximum absolute atomic E-state index is 11.8. The molecule has 0 aliphatic carbocycles. The minimum Gasteiger partial charge on any atom is -0.544 e. The van der Waals surface area contributed by atoms with E-state index in [1.807, 2.05) is 0 Å². The van der Waals surface area contributed by atoms with E-state index in [0.717, 1.165) is 17.6 Å². The number of carbonyl (C=O) groups excluding carboxylic acids is 1. The van der Waals surface area contributed by atoms with Crippen molar-refractivity contribution in [2.24, 2.45) is 5.92 Å². The molecular weight excluding hydrogens is 232 g/mol. The fourth-order valence-electron chi connectivity index (χ4n) is 1.64. The molecule has 0 unspecified atom stereocenters. The van der Waals surface area contributed by atoms with Gasteiger partial charge in [-0.1, -0.05) is 6.92 Å². The van der Waals surface area contributed by atoms with E-state index in [4.69, 9.17) is 0 Å². The minimum absolute atomic E-state index is 0.472.